The fourth-order valence-corrected chi connectivity index (χ4v) is 2.64. The van der Waals surface area contributed by atoms with Crippen molar-refractivity contribution in [2.45, 2.75) is 59.5 Å². The molecule has 0 aromatic heterocycles. The maximum Gasteiger partial charge on any atom is 0.181 e. The van der Waals surface area contributed by atoms with Gasteiger partial charge in [0.1, 0.15) is 11.8 Å². The second-order valence-electron chi connectivity index (χ2n) is 7.03. The molecule has 19 heavy (non-hydrogen) atoms. The molecule has 0 N–H and O–H groups in total. The molecule has 0 fully saturated rings. The van der Waals surface area contributed by atoms with E-state index in [1.807, 2.05) is 12.1 Å². The number of nitrogens with zero attached hydrogens (tertiary/aromatic N) is 1. The van der Waals surface area contributed by atoms with Gasteiger partial charge in [-0.3, -0.25) is 0 Å². The molecule has 0 saturated carbocycles. The van der Waals surface area contributed by atoms with Gasteiger partial charge in [-0.1, -0.05) is 46.8 Å². The van der Waals surface area contributed by atoms with Gasteiger partial charge in [0.2, 0.25) is 0 Å². The molecule has 0 bridgehead atoms. The molecule has 1 rings (SSSR count). The highest BCUT2D eigenvalue weighted by molar-refractivity contribution is 5.32. The number of ether oxygens (including phenoxy) is 1. The molecule has 104 valence electrons. The summed E-state index contributed by atoms with van der Waals surface area (Å²) in [6.45, 7) is 13.1. The van der Waals surface area contributed by atoms with Crippen LogP contribution in [-0.4, -0.2) is 6.10 Å². The molecule has 0 saturated heterocycles. The molecule has 2 nitrogen and oxygen atoms in total. The smallest absolute Gasteiger partial charge is 0.181 e. The molecule has 1 atom stereocenters. The normalized spacial score (nSPS) is 13.7. The van der Waals surface area contributed by atoms with Gasteiger partial charge in [-0.15, -0.1) is 0 Å². The lowest BCUT2D eigenvalue weighted by Gasteiger charge is -2.33. The van der Waals surface area contributed by atoms with Gasteiger partial charge in [0.15, 0.2) is 6.10 Å². The van der Waals surface area contributed by atoms with E-state index in [1.165, 1.54) is 5.56 Å². The van der Waals surface area contributed by atoms with Gasteiger partial charge in [0.05, 0.1) is 0 Å². The van der Waals surface area contributed by atoms with Gasteiger partial charge in [0, 0.05) is 0 Å². The maximum atomic E-state index is 8.73. The third-order valence-electron chi connectivity index (χ3n) is 3.10. The van der Waals surface area contributed by atoms with Crippen molar-refractivity contribution < 1.29 is 4.74 Å². The minimum Gasteiger partial charge on any atom is -0.476 e. The first-order valence-electron chi connectivity index (χ1n) is 6.81. The highest BCUT2D eigenvalue weighted by atomic mass is 16.5. The average Bonchev–Trinajstić information content (AvgIpc) is 2.26. The molecule has 1 aromatic rings. The lowest BCUT2D eigenvalue weighted by Crippen LogP contribution is -2.24. The first kappa shape index (κ1) is 15.6. The van der Waals surface area contributed by atoms with Crippen molar-refractivity contribution in [2.24, 2.45) is 5.41 Å². The van der Waals surface area contributed by atoms with E-state index in [2.05, 4.69) is 52.8 Å². The Kier molecular flexibility index (Phi) is 4.63. The molecule has 1 unspecified atom stereocenters. The Morgan fingerprint density at radius 3 is 2.05 bits per heavy atom. The van der Waals surface area contributed by atoms with Crippen LogP contribution in [0.25, 0.3) is 0 Å². The van der Waals surface area contributed by atoms with E-state index in [0.29, 0.717) is 5.41 Å². The number of hydrogen-bond acceptors (Lipinski definition) is 2. The monoisotopic (exact) mass is 259 g/mol. The molecule has 2 heteroatoms. The summed E-state index contributed by atoms with van der Waals surface area (Å²) >= 11 is 0. The summed E-state index contributed by atoms with van der Waals surface area (Å²) in [4.78, 5) is 0. The first-order chi connectivity index (χ1) is 8.64. The summed E-state index contributed by atoms with van der Waals surface area (Å²) in [5.74, 6) is 0.754. The van der Waals surface area contributed by atoms with Crippen LogP contribution in [0.15, 0.2) is 24.3 Å². The van der Waals surface area contributed by atoms with E-state index in [-0.39, 0.29) is 5.41 Å². The molecule has 0 spiro atoms. The highest BCUT2D eigenvalue weighted by Gasteiger charge is 2.27. The maximum absolute atomic E-state index is 8.73. The summed E-state index contributed by atoms with van der Waals surface area (Å²) in [6, 6.07) is 10.2. The second-order valence-corrected chi connectivity index (χ2v) is 7.03. The first-order valence-corrected chi connectivity index (χ1v) is 6.81. The molecule has 0 aliphatic rings. The zero-order valence-electron chi connectivity index (χ0n) is 12.9. The average molecular weight is 259 g/mol. The van der Waals surface area contributed by atoms with Crippen molar-refractivity contribution in [2.75, 3.05) is 0 Å². The molecular weight excluding hydrogens is 234 g/mol. The third kappa shape index (κ3) is 4.95. The number of rotatable bonds is 4. The predicted octanol–water partition coefficient (Wildman–Crippen LogP) is 4.69. The van der Waals surface area contributed by atoms with Crippen LogP contribution >= 0.6 is 0 Å². The molecule has 0 aliphatic heterocycles. The predicted molar refractivity (Wildman–Crippen MR) is 79.2 cm³/mol. The third-order valence-corrected chi connectivity index (χ3v) is 3.10. The lowest BCUT2D eigenvalue weighted by molar-refractivity contribution is 0.274. The summed E-state index contributed by atoms with van der Waals surface area (Å²) in [5, 5.41) is 8.73. The van der Waals surface area contributed by atoms with Crippen LogP contribution in [0.4, 0.5) is 0 Å². The van der Waals surface area contributed by atoms with Crippen molar-refractivity contribution >= 4 is 0 Å². The molecule has 1 aromatic carbocycles. The van der Waals surface area contributed by atoms with Crippen LogP contribution in [0.5, 0.6) is 5.75 Å². The largest absolute Gasteiger partial charge is 0.476 e. The Morgan fingerprint density at radius 1 is 1.11 bits per heavy atom. The van der Waals surface area contributed by atoms with Gasteiger partial charge in [-0.25, -0.2) is 0 Å². The van der Waals surface area contributed by atoms with Crippen LogP contribution in [0.1, 0.15) is 53.5 Å². The fraction of sp³-hybridized carbons (Fsp3) is 0.588. The summed E-state index contributed by atoms with van der Waals surface area (Å²) in [7, 11) is 0. The Hall–Kier alpha value is -1.49. The molecule has 0 heterocycles. The summed E-state index contributed by atoms with van der Waals surface area (Å²) < 4.78 is 5.47. The molecule has 0 aliphatic carbocycles. The fourth-order valence-electron chi connectivity index (χ4n) is 2.64. The molecular formula is C17H25NO. The minimum absolute atomic E-state index is 0.137. The van der Waals surface area contributed by atoms with Gasteiger partial charge >= 0.3 is 0 Å². The lowest BCUT2D eigenvalue weighted by atomic mass is 9.72. The van der Waals surface area contributed by atoms with Crippen LogP contribution in [0, 0.1) is 16.7 Å². The Balaban J connectivity index is 2.84. The highest BCUT2D eigenvalue weighted by Crippen LogP contribution is 2.36. The van der Waals surface area contributed by atoms with Gasteiger partial charge in [0.25, 0.3) is 0 Å². The molecule has 0 amide bonds. The van der Waals surface area contributed by atoms with Crippen LogP contribution in [0.3, 0.4) is 0 Å². The topological polar surface area (TPSA) is 33.0 Å². The van der Waals surface area contributed by atoms with E-state index < -0.39 is 6.10 Å². The quantitative estimate of drug-likeness (QED) is 0.785. The Labute approximate surface area is 117 Å². The SMILES string of the molecule is CC(C#N)Oc1ccc(C(C)(C)CC(C)(C)C)cc1. The van der Waals surface area contributed by atoms with Crippen molar-refractivity contribution in [3.63, 3.8) is 0 Å². The zero-order valence-corrected chi connectivity index (χ0v) is 12.9. The van der Waals surface area contributed by atoms with E-state index in [9.17, 15) is 0 Å². The van der Waals surface area contributed by atoms with E-state index >= 15 is 0 Å². The van der Waals surface area contributed by atoms with E-state index in [1.54, 1.807) is 6.92 Å². The summed E-state index contributed by atoms with van der Waals surface area (Å²) in [6.07, 6.45) is 0.711. The van der Waals surface area contributed by atoms with E-state index in [0.717, 1.165) is 12.2 Å². The van der Waals surface area contributed by atoms with Crippen molar-refractivity contribution in [1.29, 1.82) is 5.26 Å². The number of benzene rings is 1. The molecule has 0 radical (unpaired) electrons. The van der Waals surface area contributed by atoms with Gasteiger partial charge < -0.3 is 4.74 Å². The van der Waals surface area contributed by atoms with Crippen molar-refractivity contribution in [1.82, 2.24) is 0 Å². The number of nitriles is 1. The van der Waals surface area contributed by atoms with Crippen molar-refractivity contribution in [3.05, 3.63) is 29.8 Å². The van der Waals surface area contributed by atoms with Gasteiger partial charge in [-0.2, -0.15) is 5.26 Å². The van der Waals surface area contributed by atoms with Gasteiger partial charge in [-0.05, 0) is 41.9 Å². The van der Waals surface area contributed by atoms with Crippen LogP contribution in [-0.2, 0) is 5.41 Å². The summed E-state index contributed by atoms with van der Waals surface area (Å²) in [5.41, 5.74) is 1.74. The van der Waals surface area contributed by atoms with Crippen molar-refractivity contribution in [3.8, 4) is 11.8 Å². The van der Waals surface area contributed by atoms with E-state index in [4.69, 9.17) is 10.00 Å². The van der Waals surface area contributed by atoms with Crippen LogP contribution < -0.4 is 4.74 Å². The Morgan fingerprint density at radius 2 is 1.63 bits per heavy atom. The zero-order chi connectivity index (χ0) is 14.7. The minimum atomic E-state index is -0.409. The number of hydrogen-bond donors (Lipinski definition) is 0. The Bertz CT molecular complexity index is 446. The van der Waals surface area contributed by atoms with Crippen LogP contribution in [0.2, 0.25) is 0 Å². The standard InChI is InChI=1S/C17H25NO/c1-13(11-18)19-15-9-7-14(8-10-15)17(5,6)12-16(2,3)4/h7-10,13H,12H2,1-6H3. The second kappa shape index (κ2) is 5.65.